The molecule has 1 aromatic carbocycles. The van der Waals surface area contributed by atoms with Gasteiger partial charge >= 0.3 is 0 Å². The highest BCUT2D eigenvalue weighted by Gasteiger charge is 2.23. The van der Waals surface area contributed by atoms with Gasteiger partial charge < -0.3 is 5.11 Å². The number of rotatable bonds is 4. The average Bonchev–Trinajstić information content (AvgIpc) is 2.45. The van der Waals surface area contributed by atoms with Crippen LogP contribution in [0.1, 0.15) is 12.8 Å². The first-order chi connectivity index (χ1) is 9.70. The van der Waals surface area contributed by atoms with Crippen molar-refractivity contribution in [3.63, 3.8) is 0 Å². The number of hydrogen-bond donors (Lipinski definition) is 1. The average molecular weight is 273 g/mol. The fourth-order valence-electron chi connectivity index (χ4n) is 2.45. The van der Waals surface area contributed by atoms with Crippen LogP contribution in [0.4, 0.5) is 5.69 Å². The third-order valence-electron chi connectivity index (χ3n) is 3.44. The Morgan fingerprint density at radius 2 is 2.20 bits per heavy atom. The molecule has 1 fully saturated rings. The highest BCUT2D eigenvalue weighted by atomic mass is 16.3. The van der Waals surface area contributed by atoms with Crippen molar-refractivity contribution in [3.05, 3.63) is 30.3 Å². The summed E-state index contributed by atoms with van der Waals surface area (Å²) in [7, 11) is 0. The van der Waals surface area contributed by atoms with E-state index in [2.05, 4.69) is 0 Å². The molecule has 0 spiro atoms. The van der Waals surface area contributed by atoms with Crippen molar-refractivity contribution in [2.75, 3.05) is 31.1 Å². The molecule has 1 heterocycles. The molecule has 2 rings (SSSR count). The monoisotopic (exact) mass is 273 g/mol. The number of aliphatic hydroxyl groups excluding tert-OH is 1. The second-order valence-corrected chi connectivity index (χ2v) is 5.00. The third kappa shape index (κ3) is 3.80. The Morgan fingerprint density at radius 1 is 1.45 bits per heavy atom. The number of piperidine rings is 1. The van der Waals surface area contributed by atoms with Crippen molar-refractivity contribution >= 4 is 11.6 Å². The molecule has 1 aliphatic rings. The minimum absolute atomic E-state index is 0.0409. The van der Waals surface area contributed by atoms with Crippen molar-refractivity contribution in [2.24, 2.45) is 0 Å². The van der Waals surface area contributed by atoms with Crippen LogP contribution in [-0.2, 0) is 4.79 Å². The lowest BCUT2D eigenvalue weighted by Crippen LogP contribution is -2.45. The lowest BCUT2D eigenvalue weighted by molar-refractivity contribution is -0.120. The minimum Gasteiger partial charge on any atom is -0.392 e. The maximum atomic E-state index is 12.4. The van der Waals surface area contributed by atoms with E-state index in [-0.39, 0.29) is 25.1 Å². The summed E-state index contributed by atoms with van der Waals surface area (Å²) in [4.78, 5) is 15.8. The van der Waals surface area contributed by atoms with Crippen molar-refractivity contribution in [3.8, 4) is 6.07 Å². The number of carbonyl (C=O) groups excluding carboxylic acids is 1. The molecule has 20 heavy (non-hydrogen) atoms. The first kappa shape index (κ1) is 14.5. The van der Waals surface area contributed by atoms with E-state index in [1.807, 2.05) is 41.3 Å². The molecule has 5 nitrogen and oxygen atoms in total. The molecule has 0 radical (unpaired) electrons. The fraction of sp³-hybridized carbons (Fsp3) is 0.467. The molecule has 1 saturated heterocycles. The molecule has 5 heteroatoms. The normalized spacial score (nSPS) is 19.3. The van der Waals surface area contributed by atoms with Crippen LogP contribution in [0.15, 0.2) is 30.3 Å². The van der Waals surface area contributed by atoms with E-state index in [9.17, 15) is 9.90 Å². The first-order valence-electron chi connectivity index (χ1n) is 6.83. The van der Waals surface area contributed by atoms with Gasteiger partial charge in [0, 0.05) is 12.2 Å². The highest BCUT2D eigenvalue weighted by Crippen LogP contribution is 2.15. The smallest absolute Gasteiger partial charge is 0.242 e. The van der Waals surface area contributed by atoms with E-state index in [0.29, 0.717) is 6.54 Å². The van der Waals surface area contributed by atoms with Crippen molar-refractivity contribution in [1.29, 1.82) is 5.26 Å². The molecular weight excluding hydrogens is 254 g/mol. The van der Waals surface area contributed by atoms with Gasteiger partial charge in [-0.15, -0.1) is 0 Å². The Kier molecular flexibility index (Phi) is 5.10. The van der Waals surface area contributed by atoms with Crippen LogP contribution in [0.25, 0.3) is 0 Å². The van der Waals surface area contributed by atoms with Gasteiger partial charge in [-0.1, -0.05) is 18.2 Å². The third-order valence-corrected chi connectivity index (χ3v) is 3.44. The molecule has 0 aliphatic carbocycles. The Labute approximate surface area is 119 Å². The molecule has 1 aromatic rings. The van der Waals surface area contributed by atoms with Gasteiger partial charge in [-0.25, -0.2) is 0 Å². The lowest BCUT2D eigenvalue weighted by atomic mass is 10.1. The van der Waals surface area contributed by atoms with Crippen molar-refractivity contribution in [2.45, 2.75) is 18.9 Å². The number of anilines is 1. The summed E-state index contributed by atoms with van der Waals surface area (Å²) in [6.07, 6.45) is 1.35. The number of aliphatic hydroxyl groups is 1. The molecule has 106 valence electrons. The van der Waals surface area contributed by atoms with Crippen LogP contribution in [0.3, 0.4) is 0 Å². The molecule has 1 unspecified atom stereocenters. The summed E-state index contributed by atoms with van der Waals surface area (Å²) in [6.45, 7) is 1.63. The van der Waals surface area contributed by atoms with E-state index >= 15 is 0 Å². The van der Waals surface area contributed by atoms with Crippen molar-refractivity contribution < 1.29 is 9.90 Å². The Bertz CT molecular complexity index is 484. The van der Waals surface area contributed by atoms with Crippen LogP contribution in [-0.4, -0.2) is 48.2 Å². The quantitative estimate of drug-likeness (QED) is 0.831. The Hall–Kier alpha value is -1.90. The largest absolute Gasteiger partial charge is 0.392 e. The summed E-state index contributed by atoms with van der Waals surface area (Å²) < 4.78 is 0. The standard InChI is InChI=1S/C15H19N3O2/c16-8-10-18(13-5-2-1-3-6-13)15(20)12-17-9-4-7-14(19)11-17/h1-3,5-6,14,19H,4,7,9-12H2. The van der Waals surface area contributed by atoms with E-state index in [0.717, 1.165) is 25.1 Å². The zero-order valence-corrected chi connectivity index (χ0v) is 11.4. The number of hydrogen-bond acceptors (Lipinski definition) is 4. The van der Waals surface area contributed by atoms with Gasteiger partial charge in [0.25, 0.3) is 0 Å². The molecular formula is C15H19N3O2. The first-order valence-corrected chi connectivity index (χ1v) is 6.83. The second-order valence-electron chi connectivity index (χ2n) is 5.00. The van der Waals surface area contributed by atoms with Gasteiger partial charge in [0.2, 0.25) is 5.91 Å². The molecule has 1 atom stereocenters. The SMILES string of the molecule is N#CCN(C(=O)CN1CCCC(O)C1)c1ccccc1. The molecule has 0 aromatic heterocycles. The summed E-state index contributed by atoms with van der Waals surface area (Å²) >= 11 is 0. The predicted molar refractivity (Wildman–Crippen MR) is 76.1 cm³/mol. The zero-order valence-electron chi connectivity index (χ0n) is 11.4. The van der Waals surface area contributed by atoms with Crippen LogP contribution < -0.4 is 4.90 Å². The number of nitriles is 1. The number of likely N-dealkylation sites (tertiary alicyclic amines) is 1. The van der Waals surface area contributed by atoms with Crippen LogP contribution >= 0.6 is 0 Å². The van der Waals surface area contributed by atoms with Gasteiger partial charge in [0.1, 0.15) is 6.54 Å². The number of β-amino-alcohol motifs (C(OH)–C–C–N with tert-alkyl or cyclic N) is 1. The van der Waals surface area contributed by atoms with Gasteiger partial charge in [0.15, 0.2) is 0 Å². The fourth-order valence-corrected chi connectivity index (χ4v) is 2.45. The van der Waals surface area contributed by atoms with Crippen molar-refractivity contribution in [1.82, 2.24) is 4.90 Å². The van der Waals surface area contributed by atoms with Gasteiger partial charge in [-0.2, -0.15) is 5.26 Å². The van der Waals surface area contributed by atoms with E-state index in [1.54, 1.807) is 0 Å². The molecule has 1 amide bonds. The predicted octanol–water partition coefficient (Wildman–Crippen LogP) is 1.000. The van der Waals surface area contributed by atoms with Crippen LogP contribution in [0.5, 0.6) is 0 Å². The zero-order chi connectivity index (χ0) is 14.4. The maximum Gasteiger partial charge on any atom is 0.242 e. The molecule has 0 saturated carbocycles. The Morgan fingerprint density at radius 3 is 2.85 bits per heavy atom. The molecule has 0 bridgehead atoms. The number of carbonyl (C=O) groups is 1. The summed E-state index contributed by atoms with van der Waals surface area (Å²) in [5.74, 6) is -0.105. The summed E-state index contributed by atoms with van der Waals surface area (Å²) in [5, 5.41) is 18.5. The summed E-state index contributed by atoms with van der Waals surface area (Å²) in [5.41, 5.74) is 0.733. The van der Waals surface area contributed by atoms with Gasteiger partial charge in [-0.3, -0.25) is 14.6 Å². The molecule has 1 N–H and O–H groups in total. The molecule has 1 aliphatic heterocycles. The Balaban J connectivity index is 2.02. The van der Waals surface area contributed by atoms with E-state index in [4.69, 9.17) is 5.26 Å². The lowest BCUT2D eigenvalue weighted by Gasteiger charge is -2.31. The van der Waals surface area contributed by atoms with E-state index in [1.165, 1.54) is 4.90 Å². The number of benzene rings is 1. The van der Waals surface area contributed by atoms with Gasteiger partial charge in [-0.05, 0) is 31.5 Å². The number of amides is 1. The maximum absolute atomic E-state index is 12.4. The number of nitrogens with zero attached hydrogens (tertiary/aromatic N) is 3. The topological polar surface area (TPSA) is 67.6 Å². The minimum atomic E-state index is -0.349. The number of para-hydroxylation sites is 1. The van der Waals surface area contributed by atoms with Crippen LogP contribution in [0.2, 0.25) is 0 Å². The highest BCUT2D eigenvalue weighted by molar-refractivity contribution is 5.95. The van der Waals surface area contributed by atoms with Crippen LogP contribution in [0, 0.1) is 11.3 Å². The van der Waals surface area contributed by atoms with E-state index < -0.39 is 0 Å². The summed E-state index contributed by atoms with van der Waals surface area (Å²) in [6, 6.07) is 11.2. The second kappa shape index (κ2) is 7.04. The van der Waals surface area contributed by atoms with Gasteiger partial charge in [0.05, 0.1) is 18.7 Å².